The monoisotopic (exact) mass is 276 g/mol. The summed E-state index contributed by atoms with van der Waals surface area (Å²) in [4.78, 5) is 19.8. The van der Waals surface area contributed by atoms with Gasteiger partial charge in [-0.15, -0.1) is 0 Å². The van der Waals surface area contributed by atoms with E-state index < -0.39 is 11.7 Å². The molecule has 0 saturated heterocycles. The zero-order chi connectivity index (χ0) is 14.5. The minimum atomic E-state index is -0.557. The van der Waals surface area contributed by atoms with Crippen LogP contribution in [0.2, 0.25) is 0 Å². The number of methoxy groups -OCH3 is 1. The van der Waals surface area contributed by atoms with E-state index in [0.29, 0.717) is 11.6 Å². The lowest BCUT2D eigenvalue weighted by atomic mass is 10.2. The van der Waals surface area contributed by atoms with Gasteiger partial charge in [0.25, 0.3) is 5.91 Å². The molecule has 0 bridgehead atoms. The lowest BCUT2D eigenvalue weighted by Gasteiger charge is -2.08. The van der Waals surface area contributed by atoms with Crippen LogP contribution in [-0.4, -0.2) is 30.0 Å². The molecule has 1 aromatic carbocycles. The van der Waals surface area contributed by atoms with Crippen molar-refractivity contribution in [3.05, 3.63) is 42.1 Å². The van der Waals surface area contributed by atoms with Gasteiger partial charge in [-0.3, -0.25) is 4.79 Å². The molecule has 0 atom stereocenters. The number of ether oxygens (including phenoxy) is 1. The van der Waals surface area contributed by atoms with Crippen molar-refractivity contribution >= 4 is 17.4 Å². The molecule has 20 heavy (non-hydrogen) atoms. The van der Waals surface area contributed by atoms with Gasteiger partial charge >= 0.3 is 0 Å². The molecule has 6 nitrogen and oxygen atoms in total. The molecule has 0 aliphatic rings. The number of nitrogens with one attached hydrogen (secondary N) is 2. The Balaban J connectivity index is 2.18. The zero-order valence-corrected chi connectivity index (χ0v) is 11.0. The Morgan fingerprint density at radius 1 is 1.30 bits per heavy atom. The van der Waals surface area contributed by atoms with Crippen LogP contribution >= 0.6 is 0 Å². The molecule has 104 valence electrons. The van der Waals surface area contributed by atoms with Crippen molar-refractivity contribution in [3.8, 4) is 5.75 Å². The number of carbonyl (C=O) groups excluding carboxylic acids is 1. The number of aromatic nitrogens is 2. The number of halogens is 1. The Morgan fingerprint density at radius 3 is 2.70 bits per heavy atom. The maximum atomic E-state index is 13.6. The highest BCUT2D eigenvalue weighted by atomic mass is 19.1. The number of carbonyl (C=O) groups is 1. The Kier molecular flexibility index (Phi) is 4.09. The van der Waals surface area contributed by atoms with Crippen LogP contribution in [0.1, 0.15) is 10.5 Å². The van der Waals surface area contributed by atoms with Gasteiger partial charge in [-0.05, 0) is 12.1 Å². The topological polar surface area (TPSA) is 76.1 Å². The summed E-state index contributed by atoms with van der Waals surface area (Å²) < 4.78 is 18.6. The van der Waals surface area contributed by atoms with Gasteiger partial charge < -0.3 is 15.4 Å². The Hall–Kier alpha value is -2.70. The fraction of sp³-hybridized carbons (Fsp3) is 0.154. The molecular weight excluding hydrogens is 263 g/mol. The average molecular weight is 276 g/mol. The first-order valence-corrected chi connectivity index (χ1v) is 5.78. The van der Waals surface area contributed by atoms with Crippen molar-refractivity contribution in [1.82, 2.24) is 9.97 Å². The van der Waals surface area contributed by atoms with E-state index >= 15 is 0 Å². The molecule has 1 heterocycles. The van der Waals surface area contributed by atoms with Gasteiger partial charge in [0, 0.05) is 13.1 Å². The molecule has 1 aromatic heterocycles. The van der Waals surface area contributed by atoms with E-state index in [-0.39, 0.29) is 11.4 Å². The lowest BCUT2D eigenvalue weighted by molar-refractivity contribution is 0.102. The third-order valence-electron chi connectivity index (χ3n) is 2.56. The standard InChI is InChI=1S/C13H13FN4O2/c1-15-12-7-16-11(6-17-12)13(19)18-10-5-8(20-2)3-4-9(10)14/h3-7H,1-2H3,(H,15,17)(H,18,19). The second kappa shape index (κ2) is 5.96. The molecule has 2 rings (SSSR count). The predicted molar refractivity (Wildman–Crippen MR) is 72.5 cm³/mol. The average Bonchev–Trinajstić information content (AvgIpc) is 2.49. The molecule has 7 heteroatoms. The maximum Gasteiger partial charge on any atom is 0.275 e. The number of hydrogen-bond acceptors (Lipinski definition) is 5. The molecule has 0 aliphatic carbocycles. The Labute approximate surface area is 115 Å². The highest BCUT2D eigenvalue weighted by Gasteiger charge is 2.12. The summed E-state index contributed by atoms with van der Waals surface area (Å²) in [6, 6.07) is 4.07. The van der Waals surface area contributed by atoms with Crippen molar-refractivity contribution in [2.45, 2.75) is 0 Å². The highest BCUT2D eigenvalue weighted by molar-refractivity contribution is 6.02. The summed E-state index contributed by atoms with van der Waals surface area (Å²) in [6.45, 7) is 0. The van der Waals surface area contributed by atoms with Crippen LogP contribution in [0.5, 0.6) is 5.75 Å². The van der Waals surface area contributed by atoms with Gasteiger partial charge in [0.1, 0.15) is 23.1 Å². The van der Waals surface area contributed by atoms with Crippen molar-refractivity contribution in [2.24, 2.45) is 0 Å². The summed E-state index contributed by atoms with van der Waals surface area (Å²) in [5, 5.41) is 5.21. The van der Waals surface area contributed by atoms with Gasteiger partial charge in [0.05, 0.1) is 25.2 Å². The fourth-order valence-electron chi connectivity index (χ4n) is 1.49. The first-order chi connectivity index (χ1) is 9.63. The molecule has 2 N–H and O–H groups in total. The van der Waals surface area contributed by atoms with E-state index in [0.717, 1.165) is 0 Å². The van der Waals surface area contributed by atoms with E-state index in [2.05, 4.69) is 20.6 Å². The summed E-state index contributed by atoms with van der Waals surface area (Å²) in [7, 11) is 3.15. The first-order valence-electron chi connectivity index (χ1n) is 5.78. The number of benzene rings is 1. The van der Waals surface area contributed by atoms with E-state index in [9.17, 15) is 9.18 Å². The third-order valence-corrected chi connectivity index (χ3v) is 2.56. The van der Waals surface area contributed by atoms with Crippen LogP contribution in [-0.2, 0) is 0 Å². The molecule has 0 radical (unpaired) electrons. The maximum absolute atomic E-state index is 13.6. The van der Waals surface area contributed by atoms with Crippen molar-refractivity contribution in [2.75, 3.05) is 24.8 Å². The van der Waals surface area contributed by atoms with Crippen LogP contribution in [0, 0.1) is 5.82 Å². The number of nitrogens with zero attached hydrogens (tertiary/aromatic N) is 2. The first kappa shape index (κ1) is 13.7. The van der Waals surface area contributed by atoms with Crippen LogP contribution in [0.4, 0.5) is 15.9 Å². The molecule has 1 amide bonds. The number of anilines is 2. The van der Waals surface area contributed by atoms with Gasteiger partial charge in [0.2, 0.25) is 0 Å². The van der Waals surface area contributed by atoms with Crippen LogP contribution < -0.4 is 15.4 Å². The SMILES string of the molecule is CNc1cnc(C(=O)Nc2cc(OC)ccc2F)cn1. The van der Waals surface area contributed by atoms with Gasteiger partial charge in [0.15, 0.2) is 0 Å². The lowest BCUT2D eigenvalue weighted by Crippen LogP contribution is -2.15. The number of hydrogen-bond donors (Lipinski definition) is 2. The highest BCUT2D eigenvalue weighted by Crippen LogP contribution is 2.21. The van der Waals surface area contributed by atoms with Crippen LogP contribution in [0.25, 0.3) is 0 Å². The quantitative estimate of drug-likeness (QED) is 0.892. The van der Waals surface area contributed by atoms with Crippen molar-refractivity contribution < 1.29 is 13.9 Å². The van der Waals surface area contributed by atoms with E-state index in [1.54, 1.807) is 7.05 Å². The van der Waals surface area contributed by atoms with Crippen molar-refractivity contribution in [1.29, 1.82) is 0 Å². The molecule has 0 saturated carbocycles. The second-order valence-corrected chi connectivity index (χ2v) is 3.84. The van der Waals surface area contributed by atoms with E-state index in [4.69, 9.17) is 4.74 Å². The molecule has 0 spiro atoms. The predicted octanol–water partition coefficient (Wildman–Crippen LogP) is 1.92. The van der Waals surface area contributed by atoms with Gasteiger partial charge in [-0.1, -0.05) is 0 Å². The minimum absolute atomic E-state index is 0.0221. The van der Waals surface area contributed by atoms with Gasteiger partial charge in [-0.2, -0.15) is 0 Å². The summed E-state index contributed by atoms with van der Waals surface area (Å²) in [5.74, 6) is -0.126. The van der Waals surface area contributed by atoms with Crippen LogP contribution in [0.15, 0.2) is 30.6 Å². The number of rotatable bonds is 4. The van der Waals surface area contributed by atoms with Crippen LogP contribution in [0.3, 0.4) is 0 Å². The second-order valence-electron chi connectivity index (χ2n) is 3.84. The summed E-state index contributed by atoms with van der Waals surface area (Å²) in [5.41, 5.74) is 0.111. The van der Waals surface area contributed by atoms with Gasteiger partial charge in [-0.25, -0.2) is 14.4 Å². The minimum Gasteiger partial charge on any atom is -0.497 e. The fourth-order valence-corrected chi connectivity index (χ4v) is 1.49. The van der Waals surface area contributed by atoms with E-state index in [1.165, 1.54) is 37.7 Å². The third kappa shape index (κ3) is 3.00. The molecule has 0 aliphatic heterocycles. The molecule has 2 aromatic rings. The smallest absolute Gasteiger partial charge is 0.275 e. The normalized spacial score (nSPS) is 9.95. The van der Waals surface area contributed by atoms with E-state index in [1.807, 2.05) is 0 Å². The zero-order valence-electron chi connectivity index (χ0n) is 11.0. The number of amides is 1. The largest absolute Gasteiger partial charge is 0.497 e. The molecule has 0 unspecified atom stereocenters. The molecular formula is C13H13FN4O2. The van der Waals surface area contributed by atoms with Crippen molar-refractivity contribution in [3.63, 3.8) is 0 Å². The Bertz CT molecular complexity index is 616. The summed E-state index contributed by atoms with van der Waals surface area (Å²) in [6.07, 6.45) is 2.72. The summed E-state index contributed by atoms with van der Waals surface area (Å²) >= 11 is 0. The molecule has 0 fully saturated rings. The Morgan fingerprint density at radius 2 is 2.10 bits per heavy atom.